The maximum Gasteiger partial charge on any atom is 0.0644 e. The van der Waals surface area contributed by atoms with E-state index in [2.05, 4.69) is 43.0 Å². The number of hydrogen-bond donors (Lipinski definition) is 2. The van der Waals surface area contributed by atoms with Crippen molar-refractivity contribution in [1.82, 2.24) is 20.0 Å². The number of aliphatic hydroxyl groups excluding tert-OH is 1. The fourth-order valence-corrected chi connectivity index (χ4v) is 2.83. The molecule has 0 radical (unpaired) electrons. The largest absolute Gasteiger partial charge is 0.394 e. The summed E-state index contributed by atoms with van der Waals surface area (Å²) in [6.07, 6.45) is 0. The van der Waals surface area contributed by atoms with Crippen LogP contribution in [0, 0.1) is 13.8 Å². The van der Waals surface area contributed by atoms with Gasteiger partial charge in [-0.05, 0) is 27.7 Å². The van der Waals surface area contributed by atoms with Gasteiger partial charge in [-0.2, -0.15) is 5.10 Å². The molecule has 2 rings (SSSR count). The van der Waals surface area contributed by atoms with Gasteiger partial charge in [-0.25, -0.2) is 0 Å². The summed E-state index contributed by atoms with van der Waals surface area (Å²) in [7, 11) is 0. The normalized spacial score (nSPS) is 23.6. The van der Waals surface area contributed by atoms with E-state index in [0.29, 0.717) is 18.6 Å². The molecule has 1 aromatic heterocycles. The predicted octanol–water partition coefficient (Wildman–Crippen LogP) is 1.10. The van der Waals surface area contributed by atoms with E-state index in [1.807, 2.05) is 4.68 Å². The minimum atomic E-state index is 0. The number of aliphatic hydroxyl groups is 1. The molecule has 2 unspecified atom stereocenters. The smallest absolute Gasteiger partial charge is 0.0644 e. The molecule has 0 aromatic carbocycles. The van der Waals surface area contributed by atoms with Crippen LogP contribution in [0.15, 0.2) is 0 Å². The lowest BCUT2D eigenvalue weighted by Gasteiger charge is -2.38. The highest BCUT2D eigenvalue weighted by Crippen LogP contribution is 2.19. The number of aryl methyl sites for hydroxylation is 1. The summed E-state index contributed by atoms with van der Waals surface area (Å²) < 4.78 is 1.92. The molecule has 1 aliphatic heterocycles. The van der Waals surface area contributed by atoms with Crippen LogP contribution in [0.3, 0.4) is 0 Å². The average Bonchev–Trinajstić information content (AvgIpc) is 2.63. The van der Waals surface area contributed by atoms with Crippen molar-refractivity contribution in [3.8, 4) is 0 Å². The molecule has 1 fully saturated rings. The molecule has 6 heteroatoms. The average molecular weight is 303 g/mol. The standard InChI is InChI=1S/C14H26N4O.ClH/c1-10-12(3)17(6-5-15-10)9-14-11(2)16-18(7-8-19)13(14)4;/h10,12,15,19H,5-9H2,1-4H3;1H. The minimum Gasteiger partial charge on any atom is -0.394 e. The molecule has 1 saturated heterocycles. The lowest BCUT2D eigenvalue weighted by Crippen LogP contribution is -2.54. The van der Waals surface area contributed by atoms with Gasteiger partial charge in [0.15, 0.2) is 0 Å². The highest BCUT2D eigenvalue weighted by atomic mass is 35.5. The third-order valence-electron chi connectivity index (χ3n) is 4.37. The van der Waals surface area contributed by atoms with Gasteiger partial charge in [-0.1, -0.05) is 0 Å². The maximum absolute atomic E-state index is 9.06. The molecular weight excluding hydrogens is 276 g/mol. The molecule has 5 nitrogen and oxygen atoms in total. The van der Waals surface area contributed by atoms with Crippen LogP contribution in [0.2, 0.25) is 0 Å². The first-order valence-corrected chi connectivity index (χ1v) is 7.15. The lowest BCUT2D eigenvalue weighted by molar-refractivity contribution is 0.130. The van der Waals surface area contributed by atoms with Crippen molar-refractivity contribution < 1.29 is 5.11 Å². The van der Waals surface area contributed by atoms with Gasteiger partial charge in [0.05, 0.1) is 18.8 Å². The van der Waals surface area contributed by atoms with Gasteiger partial charge in [0.1, 0.15) is 0 Å². The van der Waals surface area contributed by atoms with Crippen LogP contribution in [0.5, 0.6) is 0 Å². The molecule has 1 aliphatic rings. The molecule has 20 heavy (non-hydrogen) atoms. The number of halogens is 1. The molecule has 0 spiro atoms. The van der Waals surface area contributed by atoms with Gasteiger partial charge < -0.3 is 10.4 Å². The first-order valence-electron chi connectivity index (χ1n) is 7.15. The molecule has 0 aliphatic carbocycles. The molecule has 1 aromatic rings. The molecule has 2 N–H and O–H groups in total. The van der Waals surface area contributed by atoms with E-state index in [4.69, 9.17) is 5.11 Å². The second kappa shape index (κ2) is 7.41. The molecule has 0 saturated carbocycles. The molecule has 0 amide bonds. The third-order valence-corrected chi connectivity index (χ3v) is 4.37. The minimum absolute atomic E-state index is 0. The Hall–Kier alpha value is -0.620. The van der Waals surface area contributed by atoms with E-state index in [0.717, 1.165) is 25.3 Å². The Morgan fingerprint density at radius 3 is 2.70 bits per heavy atom. The summed E-state index contributed by atoms with van der Waals surface area (Å²) >= 11 is 0. The van der Waals surface area contributed by atoms with Crippen LogP contribution >= 0.6 is 12.4 Å². The van der Waals surface area contributed by atoms with E-state index in [1.165, 1.54) is 11.3 Å². The number of nitrogens with zero attached hydrogens (tertiary/aromatic N) is 3. The Bertz CT molecular complexity index is 435. The van der Waals surface area contributed by atoms with Crippen LogP contribution in [0.4, 0.5) is 0 Å². The van der Waals surface area contributed by atoms with Gasteiger partial charge in [-0.3, -0.25) is 9.58 Å². The fraction of sp³-hybridized carbons (Fsp3) is 0.786. The van der Waals surface area contributed by atoms with Gasteiger partial charge in [0.2, 0.25) is 0 Å². The van der Waals surface area contributed by atoms with Crippen LogP contribution in [0.1, 0.15) is 30.8 Å². The quantitative estimate of drug-likeness (QED) is 0.874. The molecular formula is C14H27ClN4O. The Kier molecular flexibility index (Phi) is 6.45. The van der Waals surface area contributed by atoms with E-state index in [9.17, 15) is 0 Å². The second-order valence-corrected chi connectivity index (χ2v) is 5.55. The highest BCUT2D eigenvalue weighted by Gasteiger charge is 2.25. The number of aromatic nitrogens is 2. The van der Waals surface area contributed by atoms with Crippen molar-refractivity contribution in [3.05, 3.63) is 17.0 Å². The van der Waals surface area contributed by atoms with Gasteiger partial charge in [0.25, 0.3) is 0 Å². The van der Waals surface area contributed by atoms with Crippen LogP contribution in [0.25, 0.3) is 0 Å². The van der Waals surface area contributed by atoms with Crippen LogP contribution in [-0.4, -0.2) is 51.6 Å². The maximum atomic E-state index is 9.06. The van der Waals surface area contributed by atoms with E-state index >= 15 is 0 Å². The zero-order chi connectivity index (χ0) is 14.0. The summed E-state index contributed by atoms with van der Waals surface area (Å²) in [5.41, 5.74) is 3.59. The Balaban J connectivity index is 0.00000200. The lowest BCUT2D eigenvalue weighted by atomic mass is 10.1. The molecule has 116 valence electrons. The summed E-state index contributed by atoms with van der Waals surface area (Å²) in [6, 6.07) is 1.07. The van der Waals surface area contributed by atoms with Gasteiger partial charge >= 0.3 is 0 Å². The summed E-state index contributed by atoms with van der Waals surface area (Å²) in [4.78, 5) is 2.52. The van der Waals surface area contributed by atoms with E-state index in [-0.39, 0.29) is 19.0 Å². The first-order chi connectivity index (χ1) is 9.04. The van der Waals surface area contributed by atoms with Gasteiger partial charge in [-0.15, -0.1) is 12.4 Å². The Morgan fingerprint density at radius 2 is 2.05 bits per heavy atom. The Labute approximate surface area is 127 Å². The first kappa shape index (κ1) is 17.4. The summed E-state index contributed by atoms with van der Waals surface area (Å²) in [5, 5.41) is 17.1. The van der Waals surface area contributed by atoms with Crippen LogP contribution in [-0.2, 0) is 13.1 Å². The summed E-state index contributed by atoms with van der Waals surface area (Å²) in [5.74, 6) is 0. The number of nitrogens with one attached hydrogen (secondary N) is 1. The van der Waals surface area contributed by atoms with E-state index in [1.54, 1.807) is 0 Å². The second-order valence-electron chi connectivity index (χ2n) is 5.55. The molecule has 2 atom stereocenters. The SMILES string of the molecule is Cc1nn(CCO)c(C)c1CN1CCNC(C)C1C.Cl. The van der Waals surface area contributed by atoms with Crippen molar-refractivity contribution >= 4 is 12.4 Å². The fourth-order valence-electron chi connectivity index (χ4n) is 2.83. The molecule has 2 heterocycles. The van der Waals surface area contributed by atoms with Crippen molar-refractivity contribution in [1.29, 1.82) is 0 Å². The van der Waals surface area contributed by atoms with Crippen molar-refractivity contribution in [2.24, 2.45) is 0 Å². The monoisotopic (exact) mass is 302 g/mol. The number of piperazine rings is 1. The van der Waals surface area contributed by atoms with Crippen molar-refractivity contribution in [3.63, 3.8) is 0 Å². The zero-order valence-electron chi connectivity index (χ0n) is 12.9. The summed E-state index contributed by atoms with van der Waals surface area (Å²) in [6.45, 7) is 12.5. The van der Waals surface area contributed by atoms with Crippen molar-refractivity contribution in [2.45, 2.75) is 52.9 Å². The Morgan fingerprint density at radius 1 is 1.35 bits per heavy atom. The van der Waals surface area contributed by atoms with Crippen molar-refractivity contribution in [2.75, 3.05) is 19.7 Å². The third kappa shape index (κ3) is 3.52. The number of rotatable bonds is 4. The molecule has 0 bridgehead atoms. The topological polar surface area (TPSA) is 53.3 Å². The number of hydrogen-bond acceptors (Lipinski definition) is 4. The van der Waals surface area contributed by atoms with E-state index < -0.39 is 0 Å². The predicted molar refractivity (Wildman–Crippen MR) is 83.4 cm³/mol. The zero-order valence-corrected chi connectivity index (χ0v) is 13.7. The highest BCUT2D eigenvalue weighted by molar-refractivity contribution is 5.85. The van der Waals surface area contributed by atoms with Crippen LogP contribution < -0.4 is 5.32 Å². The van der Waals surface area contributed by atoms with Gasteiger partial charge in [0, 0.05) is 43.0 Å².